The summed E-state index contributed by atoms with van der Waals surface area (Å²) >= 11 is 1.57. The first-order chi connectivity index (χ1) is 8.16. The Morgan fingerprint density at radius 1 is 1.76 bits per heavy atom. The highest BCUT2D eigenvalue weighted by molar-refractivity contribution is 7.09. The molecule has 0 aliphatic carbocycles. The van der Waals surface area contributed by atoms with E-state index in [-0.39, 0.29) is 18.0 Å². The number of ether oxygens (including phenoxy) is 1. The van der Waals surface area contributed by atoms with Gasteiger partial charge in [-0.3, -0.25) is 4.79 Å². The second kappa shape index (κ2) is 5.57. The predicted octanol–water partition coefficient (Wildman–Crippen LogP) is 0.617. The molecule has 1 saturated heterocycles. The molecular formula is C11H17N3O2S. The number of hydrogen-bond acceptors (Lipinski definition) is 5. The van der Waals surface area contributed by atoms with Crippen LogP contribution in [0.5, 0.6) is 0 Å². The van der Waals surface area contributed by atoms with Crippen LogP contribution in [0.25, 0.3) is 0 Å². The zero-order chi connectivity index (χ0) is 12.3. The number of amides is 1. The summed E-state index contributed by atoms with van der Waals surface area (Å²) in [6.07, 6.45) is 0. The van der Waals surface area contributed by atoms with Crippen molar-refractivity contribution in [2.45, 2.75) is 25.9 Å². The van der Waals surface area contributed by atoms with Crippen LogP contribution in [0.2, 0.25) is 0 Å². The van der Waals surface area contributed by atoms with E-state index in [2.05, 4.69) is 15.6 Å². The molecule has 94 valence electrons. The van der Waals surface area contributed by atoms with Crippen LogP contribution in [0.1, 0.15) is 23.7 Å². The summed E-state index contributed by atoms with van der Waals surface area (Å²) in [6.45, 7) is 5.73. The van der Waals surface area contributed by atoms with Gasteiger partial charge in [0, 0.05) is 17.6 Å². The van der Waals surface area contributed by atoms with E-state index >= 15 is 0 Å². The van der Waals surface area contributed by atoms with Crippen LogP contribution in [0.15, 0.2) is 5.38 Å². The van der Waals surface area contributed by atoms with E-state index < -0.39 is 0 Å². The second-order valence-electron chi connectivity index (χ2n) is 4.14. The van der Waals surface area contributed by atoms with Gasteiger partial charge in [0.25, 0.3) is 0 Å². The first-order valence-electron chi connectivity index (χ1n) is 5.70. The molecule has 1 fully saturated rings. The second-order valence-corrected chi connectivity index (χ2v) is 5.03. The number of nitrogens with one attached hydrogen (secondary N) is 2. The molecule has 1 aromatic rings. The zero-order valence-electron chi connectivity index (χ0n) is 10.0. The van der Waals surface area contributed by atoms with Gasteiger partial charge in [0.05, 0.1) is 19.3 Å². The molecule has 2 atom stereocenters. The molecule has 2 unspecified atom stereocenters. The van der Waals surface area contributed by atoms with Crippen LogP contribution in [-0.2, 0) is 9.53 Å². The van der Waals surface area contributed by atoms with Gasteiger partial charge in [-0.05, 0) is 13.8 Å². The fourth-order valence-electron chi connectivity index (χ4n) is 1.68. The SMILES string of the molecule is Cc1csc(C(C)NC(=O)C2COCCN2)n1. The van der Waals surface area contributed by atoms with Crippen molar-refractivity contribution in [2.24, 2.45) is 0 Å². The summed E-state index contributed by atoms with van der Waals surface area (Å²) in [5, 5.41) is 9.00. The summed E-state index contributed by atoms with van der Waals surface area (Å²) in [7, 11) is 0. The Kier molecular flexibility index (Phi) is 4.09. The molecule has 1 aliphatic rings. The zero-order valence-corrected chi connectivity index (χ0v) is 10.8. The summed E-state index contributed by atoms with van der Waals surface area (Å²) in [5.74, 6) is -0.0231. The lowest BCUT2D eigenvalue weighted by atomic mass is 10.2. The minimum absolute atomic E-state index is 0.0231. The summed E-state index contributed by atoms with van der Waals surface area (Å²) in [6, 6.07) is -0.294. The molecule has 1 aliphatic heterocycles. The van der Waals surface area contributed by atoms with Crippen LogP contribution < -0.4 is 10.6 Å². The maximum atomic E-state index is 11.9. The topological polar surface area (TPSA) is 63.2 Å². The van der Waals surface area contributed by atoms with Crippen molar-refractivity contribution in [3.8, 4) is 0 Å². The van der Waals surface area contributed by atoms with Gasteiger partial charge in [-0.25, -0.2) is 4.98 Å². The van der Waals surface area contributed by atoms with Crippen molar-refractivity contribution in [1.82, 2.24) is 15.6 Å². The van der Waals surface area contributed by atoms with Gasteiger partial charge in [-0.15, -0.1) is 11.3 Å². The number of aromatic nitrogens is 1. The molecule has 6 heteroatoms. The normalized spacial score (nSPS) is 22.1. The molecule has 2 N–H and O–H groups in total. The number of hydrogen-bond donors (Lipinski definition) is 2. The Morgan fingerprint density at radius 3 is 3.18 bits per heavy atom. The number of thiazole rings is 1. The maximum Gasteiger partial charge on any atom is 0.240 e. The Labute approximate surface area is 105 Å². The number of carbonyl (C=O) groups excluding carboxylic acids is 1. The number of rotatable bonds is 3. The van der Waals surface area contributed by atoms with E-state index in [1.54, 1.807) is 11.3 Å². The standard InChI is InChI=1S/C11H17N3O2S/c1-7-6-17-11(13-7)8(2)14-10(15)9-5-16-4-3-12-9/h6,8-9,12H,3-5H2,1-2H3,(H,14,15). The van der Waals surface area contributed by atoms with E-state index in [0.717, 1.165) is 17.2 Å². The van der Waals surface area contributed by atoms with Crippen LogP contribution in [0.3, 0.4) is 0 Å². The molecule has 1 aromatic heterocycles. The average molecular weight is 255 g/mol. The van der Waals surface area contributed by atoms with Crippen molar-refractivity contribution in [3.63, 3.8) is 0 Å². The molecule has 2 rings (SSSR count). The van der Waals surface area contributed by atoms with E-state index in [9.17, 15) is 4.79 Å². The molecule has 5 nitrogen and oxygen atoms in total. The summed E-state index contributed by atoms with van der Waals surface area (Å²) in [4.78, 5) is 16.3. The van der Waals surface area contributed by atoms with Gasteiger partial charge < -0.3 is 15.4 Å². The largest absolute Gasteiger partial charge is 0.378 e. The lowest BCUT2D eigenvalue weighted by molar-refractivity contribution is -0.126. The third-order valence-corrected chi connectivity index (χ3v) is 3.75. The number of aryl methyl sites for hydroxylation is 1. The van der Waals surface area contributed by atoms with Gasteiger partial charge in [-0.1, -0.05) is 0 Å². The molecule has 1 amide bonds. The van der Waals surface area contributed by atoms with Crippen molar-refractivity contribution < 1.29 is 9.53 Å². The molecule has 2 heterocycles. The van der Waals surface area contributed by atoms with Gasteiger partial charge in [0.1, 0.15) is 11.0 Å². The van der Waals surface area contributed by atoms with E-state index in [4.69, 9.17) is 4.74 Å². The van der Waals surface area contributed by atoms with Gasteiger partial charge >= 0.3 is 0 Å². The Bertz CT molecular complexity index is 388. The summed E-state index contributed by atoms with van der Waals surface area (Å²) in [5.41, 5.74) is 0.991. The fraction of sp³-hybridized carbons (Fsp3) is 0.636. The van der Waals surface area contributed by atoms with E-state index in [1.807, 2.05) is 19.2 Å². The first-order valence-corrected chi connectivity index (χ1v) is 6.58. The van der Waals surface area contributed by atoms with Crippen LogP contribution in [0, 0.1) is 6.92 Å². The Morgan fingerprint density at radius 2 is 2.59 bits per heavy atom. The van der Waals surface area contributed by atoms with Crippen molar-refractivity contribution in [2.75, 3.05) is 19.8 Å². The van der Waals surface area contributed by atoms with Crippen molar-refractivity contribution in [1.29, 1.82) is 0 Å². The highest BCUT2D eigenvalue weighted by Gasteiger charge is 2.23. The molecule has 0 saturated carbocycles. The fourth-order valence-corrected chi connectivity index (χ4v) is 2.48. The number of morpholine rings is 1. The quantitative estimate of drug-likeness (QED) is 0.831. The highest BCUT2D eigenvalue weighted by Crippen LogP contribution is 2.17. The molecule has 0 aromatic carbocycles. The van der Waals surface area contributed by atoms with Crippen LogP contribution in [-0.4, -0.2) is 36.7 Å². The van der Waals surface area contributed by atoms with Crippen LogP contribution >= 0.6 is 11.3 Å². The van der Waals surface area contributed by atoms with E-state index in [0.29, 0.717) is 13.2 Å². The van der Waals surface area contributed by atoms with Gasteiger partial charge in [0.15, 0.2) is 0 Å². The predicted molar refractivity (Wildman–Crippen MR) is 66.0 cm³/mol. The molecule has 0 bridgehead atoms. The van der Waals surface area contributed by atoms with Crippen molar-refractivity contribution in [3.05, 3.63) is 16.1 Å². The van der Waals surface area contributed by atoms with E-state index in [1.165, 1.54) is 0 Å². The third kappa shape index (κ3) is 3.24. The average Bonchev–Trinajstić information content (AvgIpc) is 2.77. The molecular weight excluding hydrogens is 238 g/mol. The molecule has 0 radical (unpaired) electrons. The third-order valence-electron chi connectivity index (χ3n) is 2.60. The maximum absolute atomic E-state index is 11.9. The van der Waals surface area contributed by atoms with Gasteiger partial charge in [0.2, 0.25) is 5.91 Å². The van der Waals surface area contributed by atoms with Crippen molar-refractivity contribution >= 4 is 17.2 Å². The minimum atomic E-state index is -0.243. The minimum Gasteiger partial charge on any atom is -0.378 e. The monoisotopic (exact) mass is 255 g/mol. The molecule has 0 spiro atoms. The highest BCUT2D eigenvalue weighted by atomic mass is 32.1. The molecule has 17 heavy (non-hydrogen) atoms. The summed E-state index contributed by atoms with van der Waals surface area (Å²) < 4.78 is 5.26. The smallest absolute Gasteiger partial charge is 0.240 e. The lowest BCUT2D eigenvalue weighted by Crippen LogP contribution is -2.51. The Balaban J connectivity index is 1.89. The Hall–Kier alpha value is -0.980. The van der Waals surface area contributed by atoms with Gasteiger partial charge in [-0.2, -0.15) is 0 Å². The first kappa shape index (κ1) is 12.5. The number of carbonyl (C=O) groups is 1. The van der Waals surface area contributed by atoms with Crippen LogP contribution in [0.4, 0.5) is 0 Å². The lowest BCUT2D eigenvalue weighted by Gasteiger charge is -2.24. The number of nitrogens with zero attached hydrogens (tertiary/aromatic N) is 1.